The average Bonchev–Trinajstić information content (AvgIpc) is 3.13. The fraction of sp³-hybridized carbons (Fsp3) is 0.750. The summed E-state index contributed by atoms with van der Waals surface area (Å²) in [6, 6.07) is 17.1. The highest BCUT2D eigenvalue weighted by Crippen LogP contribution is 2.25. The minimum Gasteiger partial charge on any atom is -0.494 e. The second kappa shape index (κ2) is 29.2. The van der Waals surface area contributed by atoms with Crippen molar-refractivity contribution in [2.45, 2.75) is 128 Å². The Labute approximate surface area is 335 Å². The Bertz CT molecular complexity index is 1050. The standard InChI is InChI=1S/C48H88N4O2/c1-49(2)37-21-13-17-25-41-51(5,6)39-23-15-9-11-19-27-43-53-47-33-29-45(30-34-47)46-31-35-48(36-32-46)54-44-28-20-12-10-16-24-40-52(7,8)42-26-18-14-22-38-50(3)4/h29-36H,9-28,37-44H2,1-8H3/q+2. The maximum atomic E-state index is 6.07. The molecule has 0 N–H and O–H groups in total. The summed E-state index contributed by atoms with van der Waals surface area (Å²) in [6.45, 7) is 9.32. The molecule has 0 aliphatic rings. The van der Waals surface area contributed by atoms with Gasteiger partial charge in [0.1, 0.15) is 11.5 Å². The molecule has 2 rings (SSSR count). The number of rotatable bonds is 35. The van der Waals surface area contributed by atoms with Gasteiger partial charge in [0.2, 0.25) is 0 Å². The first-order chi connectivity index (χ1) is 26.0. The van der Waals surface area contributed by atoms with Crippen LogP contribution in [-0.4, -0.2) is 128 Å². The highest BCUT2D eigenvalue weighted by Gasteiger charge is 2.15. The molecule has 0 aromatic heterocycles. The Hall–Kier alpha value is -2.12. The predicted octanol–water partition coefficient (Wildman–Crippen LogP) is 11.2. The number of nitrogens with zero attached hydrogens (tertiary/aromatic N) is 4. The lowest BCUT2D eigenvalue weighted by Gasteiger charge is -2.30. The minimum atomic E-state index is 0.805. The first-order valence-corrected chi connectivity index (χ1v) is 22.4. The van der Waals surface area contributed by atoms with Crippen molar-refractivity contribution in [3.05, 3.63) is 48.5 Å². The molecule has 6 nitrogen and oxygen atoms in total. The number of unbranched alkanes of at least 4 members (excludes halogenated alkanes) is 16. The van der Waals surface area contributed by atoms with Gasteiger partial charge in [-0.1, -0.05) is 75.6 Å². The predicted molar refractivity (Wildman–Crippen MR) is 236 cm³/mol. The monoisotopic (exact) mass is 753 g/mol. The number of hydrogen-bond donors (Lipinski definition) is 0. The first kappa shape index (κ1) is 48.0. The summed E-state index contributed by atoms with van der Waals surface area (Å²) >= 11 is 0. The molecule has 0 atom stereocenters. The van der Waals surface area contributed by atoms with Crippen molar-refractivity contribution in [3.63, 3.8) is 0 Å². The second-order valence-electron chi connectivity index (χ2n) is 18.2. The fourth-order valence-electron chi connectivity index (χ4n) is 7.43. The van der Waals surface area contributed by atoms with Crippen molar-refractivity contribution in [1.29, 1.82) is 0 Å². The van der Waals surface area contributed by atoms with Gasteiger partial charge < -0.3 is 28.2 Å². The quantitative estimate of drug-likeness (QED) is 0.0517. The van der Waals surface area contributed by atoms with Gasteiger partial charge in [-0.15, -0.1) is 0 Å². The van der Waals surface area contributed by atoms with Crippen molar-refractivity contribution in [3.8, 4) is 22.6 Å². The lowest BCUT2D eigenvalue weighted by Crippen LogP contribution is -2.41. The van der Waals surface area contributed by atoms with Gasteiger partial charge in [0.15, 0.2) is 0 Å². The molecule has 0 saturated heterocycles. The Morgan fingerprint density at radius 2 is 0.611 bits per heavy atom. The lowest BCUT2D eigenvalue weighted by molar-refractivity contribution is -0.890. The van der Waals surface area contributed by atoms with Gasteiger partial charge in [0.05, 0.1) is 67.6 Å². The van der Waals surface area contributed by atoms with Crippen LogP contribution in [0.25, 0.3) is 11.1 Å². The van der Waals surface area contributed by atoms with Gasteiger partial charge in [-0.2, -0.15) is 0 Å². The van der Waals surface area contributed by atoms with Gasteiger partial charge in [0, 0.05) is 0 Å². The van der Waals surface area contributed by atoms with Gasteiger partial charge in [-0.25, -0.2) is 0 Å². The molecule has 0 fully saturated rings. The average molecular weight is 753 g/mol. The van der Waals surface area contributed by atoms with Gasteiger partial charge >= 0.3 is 0 Å². The second-order valence-corrected chi connectivity index (χ2v) is 18.2. The molecule has 54 heavy (non-hydrogen) atoms. The minimum absolute atomic E-state index is 0.805. The van der Waals surface area contributed by atoms with Crippen LogP contribution in [0.15, 0.2) is 48.5 Å². The number of ether oxygens (including phenoxy) is 2. The van der Waals surface area contributed by atoms with Gasteiger partial charge in [-0.3, -0.25) is 0 Å². The molecular weight excluding hydrogens is 665 g/mol. The molecule has 0 saturated carbocycles. The van der Waals surface area contributed by atoms with E-state index in [9.17, 15) is 0 Å². The highest BCUT2D eigenvalue weighted by atomic mass is 16.5. The molecular formula is C48H88N4O2+2. The number of benzene rings is 2. The van der Waals surface area contributed by atoms with Crippen molar-refractivity contribution in [2.75, 3.05) is 109 Å². The molecule has 0 aliphatic carbocycles. The van der Waals surface area contributed by atoms with Crippen LogP contribution < -0.4 is 9.47 Å². The Balaban J connectivity index is 1.45. The van der Waals surface area contributed by atoms with E-state index in [0.29, 0.717) is 0 Å². The molecule has 2 aromatic carbocycles. The molecule has 6 heteroatoms. The van der Waals surface area contributed by atoms with E-state index >= 15 is 0 Å². The molecule has 0 spiro atoms. The maximum absolute atomic E-state index is 6.07. The van der Waals surface area contributed by atoms with E-state index in [2.05, 4.69) is 115 Å². The van der Waals surface area contributed by atoms with Crippen molar-refractivity contribution >= 4 is 0 Å². The van der Waals surface area contributed by atoms with E-state index in [1.807, 2.05) is 0 Å². The Morgan fingerprint density at radius 3 is 0.907 bits per heavy atom. The van der Waals surface area contributed by atoms with E-state index in [4.69, 9.17) is 9.47 Å². The molecule has 0 unspecified atom stereocenters. The third kappa shape index (κ3) is 25.9. The van der Waals surface area contributed by atoms with Crippen LogP contribution in [0.3, 0.4) is 0 Å². The van der Waals surface area contributed by atoms with Crippen molar-refractivity contribution < 1.29 is 18.4 Å². The van der Waals surface area contributed by atoms with Crippen molar-refractivity contribution in [1.82, 2.24) is 9.80 Å². The first-order valence-electron chi connectivity index (χ1n) is 22.4. The highest BCUT2D eigenvalue weighted by molar-refractivity contribution is 5.64. The van der Waals surface area contributed by atoms with Crippen LogP contribution in [0.2, 0.25) is 0 Å². The normalized spacial score (nSPS) is 12.3. The summed E-state index contributed by atoms with van der Waals surface area (Å²) in [4.78, 5) is 4.59. The summed E-state index contributed by atoms with van der Waals surface area (Å²) in [5, 5.41) is 0. The summed E-state index contributed by atoms with van der Waals surface area (Å²) in [5.74, 6) is 1.94. The van der Waals surface area contributed by atoms with E-state index in [1.54, 1.807) is 0 Å². The molecule has 0 bridgehead atoms. The fourth-order valence-corrected chi connectivity index (χ4v) is 7.43. The summed E-state index contributed by atoms with van der Waals surface area (Å²) in [5.41, 5.74) is 2.43. The van der Waals surface area contributed by atoms with Crippen LogP contribution in [0.4, 0.5) is 0 Å². The SMILES string of the molecule is CN(C)CCCCCC[N+](C)(C)CCCCCCCCOc1ccc(-c2ccc(OCCCCCCCC[N+](C)(C)CCCCCCN(C)C)cc2)cc1. The zero-order valence-corrected chi connectivity index (χ0v) is 37.0. The Kier molecular flexibility index (Phi) is 25.9. The molecule has 0 radical (unpaired) electrons. The summed E-state index contributed by atoms with van der Waals surface area (Å²) < 4.78 is 14.5. The zero-order valence-electron chi connectivity index (χ0n) is 37.0. The van der Waals surface area contributed by atoms with E-state index < -0.39 is 0 Å². The van der Waals surface area contributed by atoms with E-state index in [1.165, 1.54) is 175 Å². The Morgan fingerprint density at radius 1 is 0.352 bits per heavy atom. The third-order valence-electron chi connectivity index (χ3n) is 11.1. The lowest BCUT2D eigenvalue weighted by atomic mass is 10.1. The number of quaternary nitrogens is 2. The summed E-state index contributed by atoms with van der Waals surface area (Å²) in [6.07, 6.45) is 26.4. The van der Waals surface area contributed by atoms with E-state index in [-0.39, 0.29) is 0 Å². The molecule has 0 amide bonds. The molecule has 2 aromatic rings. The van der Waals surface area contributed by atoms with Crippen LogP contribution in [0, 0.1) is 0 Å². The maximum Gasteiger partial charge on any atom is 0.119 e. The number of hydrogen-bond acceptors (Lipinski definition) is 4. The van der Waals surface area contributed by atoms with Crippen LogP contribution in [0.5, 0.6) is 11.5 Å². The van der Waals surface area contributed by atoms with Crippen LogP contribution in [0.1, 0.15) is 128 Å². The topological polar surface area (TPSA) is 24.9 Å². The molecule has 310 valence electrons. The summed E-state index contributed by atoms with van der Waals surface area (Å²) in [7, 11) is 18.3. The van der Waals surface area contributed by atoms with Crippen molar-refractivity contribution in [2.24, 2.45) is 0 Å². The van der Waals surface area contributed by atoms with E-state index in [0.717, 1.165) is 37.6 Å². The zero-order chi connectivity index (χ0) is 39.3. The molecule has 0 aliphatic heterocycles. The largest absolute Gasteiger partial charge is 0.494 e. The van der Waals surface area contributed by atoms with Crippen LogP contribution in [-0.2, 0) is 0 Å². The van der Waals surface area contributed by atoms with Gasteiger partial charge in [-0.05, 0) is 154 Å². The molecule has 0 heterocycles. The smallest absolute Gasteiger partial charge is 0.119 e. The van der Waals surface area contributed by atoms with Gasteiger partial charge in [0.25, 0.3) is 0 Å². The van der Waals surface area contributed by atoms with Crippen LogP contribution >= 0.6 is 0 Å². The third-order valence-corrected chi connectivity index (χ3v) is 11.1.